The summed E-state index contributed by atoms with van der Waals surface area (Å²) in [5.41, 5.74) is 5.12. The number of likely N-dealkylation sites (tertiary alicyclic amines) is 2. The van der Waals surface area contributed by atoms with Gasteiger partial charge in [0.15, 0.2) is 0 Å². The zero-order valence-electron chi connectivity index (χ0n) is 40.3. The highest BCUT2D eigenvalue weighted by atomic mass is 19.4. The minimum absolute atomic E-state index is 0.00133. The molecular formula is C51H64F6N12O3. The van der Waals surface area contributed by atoms with Gasteiger partial charge in [-0.1, -0.05) is 48.5 Å². The molecule has 0 spiro atoms. The predicted molar refractivity (Wildman–Crippen MR) is 260 cm³/mol. The largest absolute Gasteiger partial charge is 0.401 e. The molecule has 0 bridgehead atoms. The number of anilines is 4. The minimum atomic E-state index is -4.31. The van der Waals surface area contributed by atoms with E-state index in [1.54, 1.807) is 0 Å². The van der Waals surface area contributed by atoms with Crippen LogP contribution in [0.1, 0.15) is 77.0 Å². The van der Waals surface area contributed by atoms with Crippen molar-refractivity contribution in [3.8, 4) is 0 Å². The molecule has 0 saturated carbocycles. The average molecular weight is 1010 g/mol. The van der Waals surface area contributed by atoms with Crippen LogP contribution >= 0.6 is 0 Å². The molecule has 6 aliphatic heterocycles. The fourth-order valence-corrected chi connectivity index (χ4v) is 11.7. The van der Waals surface area contributed by atoms with Crippen molar-refractivity contribution in [3.63, 3.8) is 0 Å². The van der Waals surface area contributed by atoms with E-state index < -0.39 is 43.4 Å². The molecular weight excluding hydrogens is 943 g/mol. The number of hydrogen-bond acceptors (Lipinski definition) is 15. The van der Waals surface area contributed by atoms with Gasteiger partial charge in [0.25, 0.3) is 0 Å². The first-order valence-electron chi connectivity index (χ1n) is 25.5. The molecule has 0 aliphatic carbocycles. The van der Waals surface area contributed by atoms with Crippen molar-refractivity contribution in [3.05, 3.63) is 94.3 Å². The SMILES string of the molecule is O=C(c1cc(NC2CCN(CC(F)(F)F)CC2)nc(N2CC[C@@H](N3CCc4ccccc4C3)[C@H](O)C2)n1)c1cc(NC2CCN(CC(F)(F)F)CC2)nc(N2CC[C@@H](N3CCc4ccccc4C3)[C@H](O)C2)n1. The Morgan fingerprint density at radius 1 is 0.542 bits per heavy atom. The molecule has 8 heterocycles. The lowest BCUT2D eigenvalue weighted by atomic mass is 9.94. The van der Waals surface area contributed by atoms with Gasteiger partial charge < -0.3 is 30.6 Å². The van der Waals surface area contributed by atoms with Gasteiger partial charge >= 0.3 is 12.4 Å². The lowest BCUT2D eigenvalue weighted by molar-refractivity contribution is -0.148. The molecule has 388 valence electrons. The number of halogens is 6. The number of carbonyl (C=O) groups is 1. The molecule has 4 N–H and O–H groups in total. The summed E-state index contributed by atoms with van der Waals surface area (Å²) >= 11 is 0. The molecule has 2 aromatic carbocycles. The Morgan fingerprint density at radius 3 is 1.31 bits per heavy atom. The van der Waals surface area contributed by atoms with Gasteiger partial charge in [0.05, 0.1) is 25.3 Å². The highest BCUT2D eigenvalue weighted by molar-refractivity contribution is 6.07. The Hall–Kier alpha value is -5.19. The molecule has 21 heteroatoms. The molecule has 4 saturated heterocycles. The van der Waals surface area contributed by atoms with Crippen LogP contribution in [0.15, 0.2) is 60.7 Å². The van der Waals surface area contributed by atoms with Crippen LogP contribution in [0.4, 0.5) is 49.9 Å². The van der Waals surface area contributed by atoms with Crippen LogP contribution in [0.3, 0.4) is 0 Å². The van der Waals surface area contributed by atoms with Crippen molar-refractivity contribution in [2.24, 2.45) is 0 Å². The molecule has 0 amide bonds. The Morgan fingerprint density at radius 2 is 0.931 bits per heavy atom. The highest BCUT2D eigenvalue weighted by Gasteiger charge is 2.39. The number of nitrogens with zero attached hydrogens (tertiary/aromatic N) is 10. The van der Waals surface area contributed by atoms with E-state index >= 15 is 0 Å². The van der Waals surface area contributed by atoms with Gasteiger partial charge in [-0.2, -0.15) is 36.3 Å². The van der Waals surface area contributed by atoms with Crippen LogP contribution in [0.25, 0.3) is 0 Å². The number of ketones is 1. The number of nitrogens with one attached hydrogen (secondary N) is 2. The maximum atomic E-state index is 15.0. The van der Waals surface area contributed by atoms with Crippen LogP contribution < -0.4 is 20.4 Å². The Labute approximate surface area is 415 Å². The first-order valence-corrected chi connectivity index (χ1v) is 25.5. The number of hydrogen-bond donors (Lipinski definition) is 4. The van der Waals surface area contributed by atoms with E-state index in [2.05, 4.69) is 44.7 Å². The Kier molecular flexibility index (Phi) is 14.9. The molecule has 10 rings (SSSR count). The topological polar surface area (TPSA) is 153 Å². The van der Waals surface area contributed by atoms with Crippen molar-refractivity contribution in [2.45, 2.75) is 113 Å². The first-order chi connectivity index (χ1) is 34.6. The maximum absolute atomic E-state index is 15.0. The second-order valence-electron chi connectivity index (χ2n) is 20.5. The van der Waals surface area contributed by atoms with Crippen molar-refractivity contribution in [1.82, 2.24) is 39.5 Å². The second-order valence-corrected chi connectivity index (χ2v) is 20.5. The predicted octanol–water partition coefficient (Wildman–Crippen LogP) is 5.37. The second kappa shape index (κ2) is 21.3. The van der Waals surface area contributed by atoms with Gasteiger partial charge in [0.2, 0.25) is 17.7 Å². The number of alkyl halides is 6. The average Bonchev–Trinajstić information content (AvgIpc) is 3.36. The highest BCUT2D eigenvalue weighted by Crippen LogP contribution is 2.32. The summed E-state index contributed by atoms with van der Waals surface area (Å²) in [6.45, 7) is 3.38. The van der Waals surface area contributed by atoms with Crippen molar-refractivity contribution >= 4 is 29.3 Å². The smallest absolute Gasteiger partial charge is 0.390 e. The number of β-amino-alcohol motifs (C(OH)–C–C–N with tert-alkyl or cyclic N) is 2. The van der Waals surface area contributed by atoms with E-state index in [9.17, 15) is 41.4 Å². The summed E-state index contributed by atoms with van der Waals surface area (Å²) in [5.74, 6) is 0.487. The van der Waals surface area contributed by atoms with E-state index in [1.807, 2.05) is 34.1 Å². The molecule has 0 unspecified atom stereocenters. The monoisotopic (exact) mass is 1010 g/mol. The van der Waals surface area contributed by atoms with Crippen LogP contribution in [-0.2, 0) is 25.9 Å². The Balaban J connectivity index is 0.913. The van der Waals surface area contributed by atoms with E-state index in [4.69, 9.17) is 19.9 Å². The molecule has 72 heavy (non-hydrogen) atoms. The third kappa shape index (κ3) is 12.2. The molecule has 2 aromatic heterocycles. The summed E-state index contributed by atoms with van der Waals surface area (Å²) in [6.07, 6.45) is -5.50. The Bertz CT molecular complexity index is 2350. The number of benzene rings is 2. The molecule has 6 aliphatic rings. The molecule has 4 atom stereocenters. The quantitative estimate of drug-likeness (QED) is 0.106. The van der Waals surface area contributed by atoms with Crippen LogP contribution in [0.2, 0.25) is 0 Å². The zero-order chi connectivity index (χ0) is 50.1. The van der Waals surface area contributed by atoms with E-state index in [0.717, 1.165) is 39.0 Å². The third-order valence-corrected chi connectivity index (χ3v) is 15.5. The third-order valence-electron chi connectivity index (χ3n) is 15.5. The summed E-state index contributed by atoms with van der Waals surface area (Å²) in [4.78, 5) is 45.5. The fourth-order valence-electron chi connectivity index (χ4n) is 11.7. The summed E-state index contributed by atoms with van der Waals surface area (Å²) < 4.78 is 79.6. The van der Waals surface area contributed by atoms with Gasteiger partial charge in [-0.3, -0.25) is 24.4 Å². The number of aliphatic hydroxyl groups excluding tert-OH is 2. The fraction of sp³-hybridized carbons (Fsp3) is 0.588. The first kappa shape index (κ1) is 50.3. The number of carbonyl (C=O) groups excluding carboxylic acids is 1. The lowest BCUT2D eigenvalue weighted by Gasteiger charge is -2.43. The number of rotatable bonds is 12. The van der Waals surface area contributed by atoms with Crippen LogP contribution in [0.5, 0.6) is 0 Å². The van der Waals surface area contributed by atoms with Crippen molar-refractivity contribution in [1.29, 1.82) is 0 Å². The van der Waals surface area contributed by atoms with Gasteiger partial charge in [0.1, 0.15) is 23.0 Å². The number of fused-ring (bicyclic) bond motifs is 2. The molecule has 4 fully saturated rings. The van der Waals surface area contributed by atoms with Gasteiger partial charge in [-0.05, 0) is 73.6 Å². The number of aromatic nitrogens is 4. The standard InChI is InChI=1S/C51H64F6N12O3/c52-50(53,54)31-64-17-11-37(12-18-64)58-45-25-39(60-48(62-45)68-23-15-41(43(70)29-68)66-21-9-33-5-1-3-7-35(33)27-66)47(72)40-26-46(59-38-13-19-65(20-14-38)32-51(55,56)57)63-49(61-40)69-24-16-42(44(71)30-69)67-22-10-34-6-2-4-8-36(34)28-67/h1-8,25-26,37-38,41-44,70-71H,9-24,27-32H2,(H,58,60,62)(H,59,61,63)/t41-,42-,43-,44-/m1/s1. The van der Waals surface area contributed by atoms with Gasteiger partial charge in [-0.15, -0.1) is 0 Å². The van der Waals surface area contributed by atoms with Crippen LogP contribution in [0, 0.1) is 0 Å². The minimum Gasteiger partial charge on any atom is -0.390 e. The maximum Gasteiger partial charge on any atom is 0.401 e. The number of aliphatic hydroxyl groups is 2. The van der Waals surface area contributed by atoms with E-state index in [-0.39, 0.29) is 86.7 Å². The van der Waals surface area contributed by atoms with E-state index in [1.165, 1.54) is 44.2 Å². The molecule has 4 aromatic rings. The lowest BCUT2D eigenvalue weighted by Crippen LogP contribution is -2.55. The summed E-state index contributed by atoms with van der Waals surface area (Å²) in [6, 6.07) is 19.0. The number of piperidine rings is 4. The summed E-state index contributed by atoms with van der Waals surface area (Å²) in [5, 5.41) is 30.2. The molecule has 0 radical (unpaired) electrons. The normalized spacial score (nSPS) is 24.7. The zero-order valence-corrected chi connectivity index (χ0v) is 40.3. The van der Waals surface area contributed by atoms with Crippen molar-refractivity contribution < 1.29 is 41.4 Å². The van der Waals surface area contributed by atoms with Crippen LogP contribution in [-0.4, -0.2) is 183 Å². The van der Waals surface area contributed by atoms with Gasteiger partial charge in [0, 0.05) is 115 Å². The van der Waals surface area contributed by atoms with Gasteiger partial charge in [-0.25, -0.2) is 9.97 Å². The molecule has 15 nitrogen and oxygen atoms in total. The summed E-state index contributed by atoms with van der Waals surface area (Å²) in [7, 11) is 0. The van der Waals surface area contributed by atoms with E-state index in [0.29, 0.717) is 63.3 Å². The van der Waals surface area contributed by atoms with Crippen molar-refractivity contribution in [2.75, 3.05) is 99.0 Å².